The predicted molar refractivity (Wildman–Crippen MR) is 300 cm³/mol. The molecule has 0 saturated carbocycles. The Bertz CT molecular complexity index is 3900. The quantitative estimate of drug-likeness (QED) is 0.152. The molecule has 3 aromatic heterocycles. The number of hydrogen-bond donors (Lipinski definition) is 0. The highest BCUT2D eigenvalue weighted by Crippen LogP contribution is 2.53. The molecule has 0 amide bonds. The first kappa shape index (κ1) is 41.6. The van der Waals surface area contributed by atoms with Crippen molar-refractivity contribution < 1.29 is 13.3 Å². The lowest BCUT2D eigenvalue weighted by atomic mass is 9.96. The Hall–Kier alpha value is -7.58. The Balaban J connectivity index is 1.09. The molecule has 0 saturated heterocycles. The summed E-state index contributed by atoms with van der Waals surface area (Å²) in [5.74, 6) is 0. The van der Waals surface area contributed by atoms with Crippen LogP contribution in [0.4, 0.5) is 34.1 Å². The Morgan fingerprint density at radius 3 is 1.03 bits per heavy atom. The van der Waals surface area contributed by atoms with Crippen molar-refractivity contribution in [2.24, 2.45) is 0 Å². The third-order valence-corrected chi connectivity index (χ3v) is 17.2. The summed E-state index contributed by atoms with van der Waals surface area (Å²) in [7, 11) is -1.91. The Morgan fingerprint density at radius 1 is 0.290 bits per heavy atom. The van der Waals surface area contributed by atoms with Crippen molar-refractivity contribution in [3.63, 3.8) is 0 Å². The van der Waals surface area contributed by atoms with Crippen molar-refractivity contribution in [2.45, 2.75) is 9.79 Å². The fourth-order valence-electron chi connectivity index (χ4n) is 10.5. The third kappa shape index (κ3) is 6.63. The molecular weight excluding hydrogens is 885 g/mol. The van der Waals surface area contributed by atoms with Gasteiger partial charge in [0, 0.05) is 66.6 Å². The molecule has 0 radical (unpaired) electrons. The number of nitrogens with zero attached hydrogens (tertiary/aromatic N) is 2. The first-order valence-corrected chi connectivity index (χ1v) is 29.0. The van der Waals surface area contributed by atoms with Crippen LogP contribution in [0.15, 0.2) is 217 Å². The van der Waals surface area contributed by atoms with Gasteiger partial charge in [0.1, 0.15) is 22.3 Å². The number of anilines is 6. The molecular formula is C62H50N2O3S2. The fraction of sp³-hybridized carbons (Fsp3) is 0.0968. The summed E-state index contributed by atoms with van der Waals surface area (Å²) in [5.41, 5.74) is 11.0. The van der Waals surface area contributed by atoms with Crippen molar-refractivity contribution in [3.8, 4) is 0 Å². The van der Waals surface area contributed by atoms with E-state index in [1.807, 2.05) is 12.1 Å². The maximum atomic E-state index is 7.30. The van der Waals surface area contributed by atoms with Gasteiger partial charge in [-0.1, -0.05) is 109 Å². The molecule has 0 N–H and O–H groups in total. The summed E-state index contributed by atoms with van der Waals surface area (Å²) in [6, 6.07) is 69.9. The van der Waals surface area contributed by atoms with E-state index in [0.717, 1.165) is 121 Å². The molecule has 0 spiro atoms. The second-order valence-electron chi connectivity index (χ2n) is 19.6. The molecule has 5 nitrogen and oxygen atoms in total. The standard InChI is InChI=1S/C62H50N2O3S2/c1-68(2,3)41-33-29-39(30-34-41)63(51-25-15-23-49-45-19-11-13-27-55(45)66-61(49)51)53-37-57-59(47-21-9-7-17-43(47)53)60-48-22-10-8-18-44(48)54(38-58(60)65-57)64(40-31-35-42(36-32-40)69(4,5)6)52-26-16-24-50-46-20-12-14-28-56(46)67-62(50)52/h7-38H,1-6H3. The van der Waals surface area contributed by atoms with Gasteiger partial charge in [-0.25, -0.2) is 20.1 Å². The van der Waals surface area contributed by atoms with Crippen molar-refractivity contribution in [2.75, 3.05) is 47.3 Å². The Morgan fingerprint density at radius 2 is 0.638 bits per heavy atom. The van der Waals surface area contributed by atoms with Gasteiger partial charge in [0.2, 0.25) is 0 Å². The molecule has 0 aliphatic rings. The lowest BCUT2D eigenvalue weighted by molar-refractivity contribution is 0.667. The second-order valence-corrected chi connectivity index (χ2v) is 27.9. The molecule has 0 aliphatic heterocycles. The SMILES string of the molecule is CS(C)(C)c1ccc(N(c2cc3oc4cc(N(c5ccc(S(C)(C)C)cc5)c5cccc6c5oc5ccccc56)c5ccccc5c4c3c3ccccc23)c2cccc3c2oc2ccccc23)cc1. The minimum absolute atomic E-state index is 0.807. The van der Waals surface area contributed by atoms with E-state index in [0.29, 0.717) is 0 Å². The van der Waals surface area contributed by atoms with E-state index in [1.54, 1.807) is 0 Å². The van der Waals surface area contributed by atoms with E-state index in [4.69, 9.17) is 13.3 Å². The highest BCUT2D eigenvalue weighted by atomic mass is 32.3. The lowest BCUT2D eigenvalue weighted by Crippen LogP contribution is -2.11. The zero-order valence-electron chi connectivity index (χ0n) is 39.4. The summed E-state index contributed by atoms with van der Waals surface area (Å²) >= 11 is 0. The van der Waals surface area contributed by atoms with Crippen molar-refractivity contribution >= 4 is 142 Å². The minimum Gasteiger partial charge on any atom is -0.456 e. The van der Waals surface area contributed by atoms with E-state index in [2.05, 4.69) is 229 Å². The van der Waals surface area contributed by atoms with Crippen LogP contribution in [0, 0.1) is 0 Å². The van der Waals surface area contributed by atoms with Gasteiger partial charge in [-0.05, 0) is 131 Å². The van der Waals surface area contributed by atoms with Crippen molar-refractivity contribution in [1.29, 1.82) is 0 Å². The van der Waals surface area contributed by atoms with Gasteiger partial charge in [-0.2, -0.15) is 0 Å². The predicted octanol–water partition coefficient (Wildman–Crippen LogP) is 18.7. The molecule has 0 aliphatic carbocycles. The zero-order valence-corrected chi connectivity index (χ0v) is 41.0. The number of benzene rings is 10. The number of hydrogen-bond acceptors (Lipinski definition) is 5. The summed E-state index contributed by atoms with van der Waals surface area (Å²) in [6.07, 6.45) is 14.1. The molecule has 69 heavy (non-hydrogen) atoms. The number of fused-ring (bicyclic) bond motifs is 13. The van der Waals surface area contributed by atoms with Crippen LogP contribution in [0.3, 0.4) is 0 Å². The van der Waals surface area contributed by atoms with E-state index >= 15 is 0 Å². The topological polar surface area (TPSA) is 45.9 Å². The van der Waals surface area contributed by atoms with Crippen LogP contribution in [-0.2, 0) is 0 Å². The van der Waals surface area contributed by atoms with Crippen molar-refractivity contribution in [3.05, 3.63) is 194 Å². The maximum Gasteiger partial charge on any atom is 0.159 e. The van der Waals surface area contributed by atoms with Crippen LogP contribution < -0.4 is 9.80 Å². The van der Waals surface area contributed by atoms with Crippen LogP contribution >= 0.6 is 20.1 Å². The van der Waals surface area contributed by atoms with Crippen LogP contribution in [0.5, 0.6) is 0 Å². The highest BCUT2D eigenvalue weighted by molar-refractivity contribution is 8.32. The molecule has 13 rings (SSSR count). The van der Waals surface area contributed by atoms with E-state index < -0.39 is 20.1 Å². The van der Waals surface area contributed by atoms with Crippen LogP contribution in [0.1, 0.15) is 0 Å². The summed E-state index contributed by atoms with van der Waals surface area (Å²) < 4.78 is 20.9. The Labute approximate surface area is 403 Å². The molecule has 13 aromatic rings. The van der Waals surface area contributed by atoms with Gasteiger partial charge in [0.15, 0.2) is 11.2 Å². The molecule has 338 valence electrons. The molecule has 10 aromatic carbocycles. The van der Waals surface area contributed by atoms with Gasteiger partial charge in [-0.3, -0.25) is 0 Å². The van der Waals surface area contributed by atoms with Gasteiger partial charge in [0.05, 0.1) is 22.7 Å². The highest BCUT2D eigenvalue weighted by Gasteiger charge is 2.27. The van der Waals surface area contributed by atoms with E-state index in [1.165, 1.54) is 9.79 Å². The first-order valence-electron chi connectivity index (χ1n) is 23.3. The van der Waals surface area contributed by atoms with Crippen LogP contribution in [0.2, 0.25) is 0 Å². The average Bonchev–Trinajstić information content (AvgIpc) is 4.06. The summed E-state index contributed by atoms with van der Waals surface area (Å²) in [4.78, 5) is 7.43. The summed E-state index contributed by atoms with van der Waals surface area (Å²) in [5, 5.41) is 11.0. The molecule has 0 bridgehead atoms. The van der Waals surface area contributed by atoms with Gasteiger partial charge in [-0.15, -0.1) is 0 Å². The first-order chi connectivity index (χ1) is 33.5. The maximum absolute atomic E-state index is 7.30. The molecule has 0 unspecified atom stereocenters. The lowest BCUT2D eigenvalue weighted by Gasteiger charge is -2.29. The van der Waals surface area contributed by atoms with Gasteiger partial charge < -0.3 is 23.1 Å². The number of para-hydroxylation sites is 4. The smallest absolute Gasteiger partial charge is 0.159 e. The van der Waals surface area contributed by atoms with Crippen molar-refractivity contribution in [1.82, 2.24) is 0 Å². The number of rotatable bonds is 8. The number of furan rings is 3. The molecule has 7 heteroatoms. The molecule has 0 atom stereocenters. The van der Waals surface area contributed by atoms with Gasteiger partial charge >= 0.3 is 0 Å². The third-order valence-electron chi connectivity index (χ3n) is 13.8. The van der Waals surface area contributed by atoms with Crippen LogP contribution in [0.25, 0.3) is 87.4 Å². The Kier molecular flexibility index (Phi) is 9.33. The summed E-state index contributed by atoms with van der Waals surface area (Å²) in [6.45, 7) is 0. The monoisotopic (exact) mass is 934 g/mol. The fourth-order valence-corrected chi connectivity index (χ4v) is 12.4. The van der Waals surface area contributed by atoms with E-state index in [9.17, 15) is 0 Å². The van der Waals surface area contributed by atoms with Crippen LogP contribution in [-0.4, -0.2) is 37.5 Å². The zero-order chi connectivity index (χ0) is 46.8. The minimum atomic E-state index is -0.953. The molecule has 0 fully saturated rings. The van der Waals surface area contributed by atoms with E-state index in [-0.39, 0.29) is 0 Å². The van der Waals surface area contributed by atoms with Gasteiger partial charge in [0.25, 0.3) is 0 Å². The molecule has 3 heterocycles. The second kappa shape index (κ2) is 15.5. The normalized spacial score (nSPS) is 13.0. The average molecular weight is 935 g/mol. The largest absolute Gasteiger partial charge is 0.456 e.